The topological polar surface area (TPSA) is 77.2 Å². The molecule has 0 aliphatic rings. The molecule has 0 unspecified atom stereocenters. The molecule has 0 aliphatic carbocycles. The quantitative estimate of drug-likeness (QED) is 0.723. The summed E-state index contributed by atoms with van der Waals surface area (Å²) < 4.78 is 43.4. The van der Waals surface area contributed by atoms with Gasteiger partial charge in [0.2, 0.25) is 5.82 Å². The van der Waals surface area contributed by atoms with Crippen LogP contribution in [0.3, 0.4) is 0 Å². The summed E-state index contributed by atoms with van der Waals surface area (Å²) in [6, 6.07) is 8.78. The first-order chi connectivity index (χ1) is 12.2. The first-order valence-electron chi connectivity index (χ1n) is 7.82. The first kappa shape index (κ1) is 18.1. The SMILES string of the molecule is CC(C)(CNc1ccc2nnc(-c3ccccn3)n2n1)OCC(F)(F)F. The molecule has 3 aromatic rings. The van der Waals surface area contributed by atoms with E-state index in [4.69, 9.17) is 4.74 Å². The molecule has 0 fully saturated rings. The van der Waals surface area contributed by atoms with Crippen LogP contribution in [0.4, 0.5) is 19.0 Å². The van der Waals surface area contributed by atoms with Crippen LogP contribution in [0.2, 0.25) is 0 Å². The number of rotatable bonds is 6. The highest BCUT2D eigenvalue weighted by atomic mass is 19.4. The van der Waals surface area contributed by atoms with Crippen molar-refractivity contribution in [1.82, 2.24) is 24.8 Å². The fraction of sp³-hybridized carbons (Fsp3) is 0.375. The van der Waals surface area contributed by atoms with Gasteiger partial charge in [-0.05, 0) is 38.1 Å². The molecule has 0 aromatic carbocycles. The van der Waals surface area contributed by atoms with Crippen molar-refractivity contribution >= 4 is 11.5 Å². The number of nitrogens with one attached hydrogen (secondary N) is 1. The van der Waals surface area contributed by atoms with Gasteiger partial charge in [-0.2, -0.15) is 17.7 Å². The summed E-state index contributed by atoms with van der Waals surface area (Å²) in [5.74, 6) is 0.926. The van der Waals surface area contributed by atoms with Gasteiger partial charge in [0.15, 0.2) is 5.65 Å². The third kappa shape index (κ3) is 4.45. The fourth-order valence-electron chi connectivity index (χ4n) is 2.17. The van der Waals surface area contributed by atoms with Gasteiger partial charge < -0.3 is 10.1 Å². The van der Waals surface area contributed by atoms with E-state index in [1.807, 2.05) is 6.07 Å². The Morgan fingerprint density at radius 3 is 2.62 bits per heavy atom. The Morgan fingerprint density at radius 2 is 1.92 bits per heavy atom. The molecular weight excluding hydrogens is 349 g/mol. The summed E-state index contributed by atoms with van der Waals surface area (Å²) in [7, 11) is 0. The van der Waals surface area contributed by atoms with E-state index in [-0.39, 0.29) is 6.54 Å². The molecule has 1 N–H and O–H groups in total. The molecule has 0 saturated carbocycles. The van der Waals surface area contributed by atoms with E-state index in [1.165, 1.54) is 4.52 Å². The maximum absolute atomic E-state index is 12.3. The van der Waals surface area contributed by atoms with E-state index in [2.05, 4.69) is 25.6 Å². The molecule has 0 bridgehead atoms. The van der Waals surface area contributed by atoms with E-state index >= 15 is 0 Å². The van der Waals surface area contributed by atoms with Crippen LogP contribution in [0.5, 0.6) is 0 Å². The minimum atomic E-state index is -4.37. The Kier molecular flexibility index (Phi) is 4.77. The lowest BCUT2D eigenvalue weighted by molar-refractivity contribution is -0.197. The third-order valence-corrected chi connectivity index (χ3v) is 3.48. The Labute approximate surface area is 147 Å². The molecule has 26 heavy (non-hydrogen) atoms. The van der Waals surface area contributed by atoms with E-state index < -0.39 is 18.4 Å². The van der Waals surface area contributed by atoms with Crippen molar-refractivity contribution in [3.63, 3.8) is 0 Å². The fourth-order valence-corrected chi connectivity index (χ4v) is 2.17. The van der Waals surface area contributed by atoms with Gasteiger partial charge in [0, 0.05) is 12.7 Å². The number of alkyl halides is 3. The average Bonchev–Trinajstić information content (AvgIpc) is 3.02. The van der Waals surface area contributed by atoms with Crippen LogP contribution in [-0.4, -0.2) is 49.7 Å². The predicted molar refractivity (Wildman–Crippen MR) is 88.6 cm³/mol. The van der Waals surface area contributed by atoms with Crippen molar-refractivity contribution in [3.8, 4) is 11.5 Å². The van der Waals surface area contributed by atoms with Crippen molar-refractivity contribution < 1.29 is 17.9 Å². The van der Waals surface area contributed by atoms with Gasteiger partial charge in [-0.15, -0.1) is 15.3 Å². The summed E-state index contributed by atoms with van der Waals surface area (Å²) in [5.41, 5.74) is 0.116. The molecule has 0 spiro atoms. The predicted octanol–water partition coefficient (Wildman–Crippen LogP) is 2.96. The third-order valence-electron chi connectivity index (χ3n) is 3.48. The van der Waals surface area contributed by atoms with Gasteiger partial charge >= 0.3 is 6.18 Å². The second-order valence-electron chi connectivity index (χ2n) is 6.24. The van der Waals surface area contributed by atoms with Crippen molar-refractivity contribution in [2.24, 2.45) is 0 Å². The number of halogens is 3. The van der Waals surface area contributed by atoms with E-state index in [0.717, 1.165) is 0 Å². The minimum absolute atomic E-state index is 0.142. The number of aromatic nitrogens is 5. The Balaban J connectivity index is 1.75. The van der Waals surface area contributed by atoms with Crippen LogP contribution in [0.15, 0.2) is 36.5 Å². The lowest BCUT2D eigenvalue weighted by Crippen LogP contribution is -2.37. The highest BCUT2D eigenvalue weighted by Gasteiger charge is 2.31. The molecule has 0 saturated heterocycles. The molecule has 3 heterocycles. The second kappa shape index (κ2) is 6.87. The Morgan fingerprint density at radius 1 is 1.12 bits per heavy atom. The number of hydrogen-bond donors (Lipinski definition) is 1. The van der Waals surface area contributed by atoms with Gasteiger partial charge in [-0.1, -0.05) is 6.07 Å². The molecule has 10 heteroatoms. The molecule has 138 valence electrons. The van der Waals surface area contributed by atoms with Gasteiger partial charge in [0.1, 0.15) is 18.1 Å². The van der Waals surface area contributed by atoms with Crippen molar-refractivity contribution in [1.29, 1.82) is 0 Å². The lowest BCUT2D eigenvalue weighted by atomic mass is 10.1. The Bertz CT molecular complexity index is 879. The molecule has 7 nitrogen and oxygen atoms in total. The van der Waals surface area contributed by atoms with Crippen molar-refractivity contribution in [3.05, 3.63) is 36.5 Å². The first-order valence-corrected chi connectivity index (χ1v) is 7.82. The molecule has 0 amide bonds. The number of fused-ring (bicyclic) bond motifs is 1. The lowest BCUT2D eigenvalue weighted by Gasteiger charge is -2.26. The van der Waals surface area contributed by atoms with E-state index in [0.29, 0.717) is 23.0 Å². The highest BCUT2D eigenvalue weighted by molar-refractivity contribution is 5.55. The Hall–Kier alpha value is -2.75. The van der Waals surface area contributed by atoms with Crippen LogP contribution in [0, 0.1) is 0 Å². The standard InChI is InChI=1S/C16H17F3N6O/c1-15(2,26-10-16(17,18)19)9-21-12-6-7-13-22-23-14(25(13)24-12)11-5-3-4-8-20-11/h3-8H,9-10H2,1-2H3,(H,21,24). The molecular formula is C16H17F3N6O. The molecule has 0 atom stereocenters. The zero-order valence-electron chi connectivity index (χ0n) is 14.2. The van der Waals surface area contributed by atoms with Crippen LogP contribution in [0.1, 0.15) is 13.8 Å². The van der Waals surface area contributed by atoms with Crippen LogP contribution >= 0.6 is 0 Å². The number of nitrogens with zero attached hydrogens (tertiary/aromatic N) is 5. The number of ether oxygens (including phenoxy) is 1. The smallest absolute Gasteiger partial charge is 0.366 e. The summed E-state index contributed by atoms with van der Waals surface area (Å²) >= 11 is 0. The minimum Gasteiger partial charge on any atom is -0.366 e. The monoisotopic (exact) mass is 366 g/mol. The normalized spacial score (nSPS) is 12.5. The maximum atomic E-state index is 12.3. The maximum Gasteiger partial charge on any atom is 0.411 e. The zero-order chi connectivity index (χ0) is 18.8. The van der Waals surface area contributed by atoms with Crippen LogP contribution in [0.25, 0.3) is 17.2 Å². The number of hydrogen-bond acceptors (Lipinski definition) is 6. The van der Waals surface area contributed by atoms with Crippen LogP contribution in [-0.2, 0) is 4.74 Å². The zero-order valence-corrected chi connectivity index (χ0v) is 14.2. The second-order valence-corrected chi connectivity index (χ2v) is 6.24. The largest absolute Gasteiger partial charge is 0.411 e. The number of anilines is 1. The van der Waals surface area contributed by atoms with Gasteiger partial charge in [-0.3, -0.25) is 4.98 Å². The van der Waals surface area contributed by atoms with Crippen molar-refractivity contribution in [2.75, 3.05) is 18.5 Å². The summed E-state index contributed by atoms with van der Waals surface area (Å²) in [6.07, 6.45) is -2.73. The summed E-state index contributed by atoms with van der Waals surface area (Å²) in [6.45, 7) is 1.98. The molecule has 3 rings (SSSR count). The van der Waals surface area contributed by atoms with E-state index in [1.54, 1.807) is 44.3 Å². The van der Waals surface area contributed by atoms with Gasteiger partial charge in [0.25, 0.3) is 0 Å². The van der Waals surface area contributed by atoms with Crippen molar-refractivity contribution in [2.45, 2.75) is 25.6 Å². The molecule has 0 aliphatic heterocycles. The number of pyridine rings is 1. The molecule has 3 aromatic heterocycles. The van der Waals surface area contributed by atoms with Crippen LogP contribution < -0.4 is 5.32 Å². The average molecular weight is 366 g/mol. The molecule has 0 radical (unpaired) electrons. The summed E-state index contributed by atoms with van der Waals surface area (Å²) in [4.78, 5) is 4.22. The summed E-state index contributed by atoms with van der Waals surface area (Å²) in [5, 5.41) is 15.5. The van der Waals surface area contributed by atoms with E-state index in [9.17, 15) is 13.2 Å². The van der Waals surface area contributed by atoms with Gasteiger partial charge in [-0.25, -0.2) is 0 Å². The van der Waals surface area contributed by atoms with Gasteiger partial charge in [0.05, 0.1) is 5.60 Å². The highest BCUT2D eigenvalue weighted by Crippen LogP contribution is 2.20.